The summed E-state index contributed by atoms with van der Waals surface area (Å²) in [7, 11) is 0. The summed E-state index contributed by atoms with van der Waals surface area (Å²) in [5.41, 5.74) is 1.55. The molecule has 100 valence electrons. The van der Waals surface area contributed by atoms with Gasteiger partial charge in [0.05, 0.1) is 0 Å². The van der Waals surface area contributed by atoms with Gasteiger partial charge in [-0.25, -0.2) is 4.79 Å². The minimum Gasteiger partial charge on any atom is -0.478 e. The molecule has 1 fully saturated rings. The predicted molar refractivity (Wildman–Crippen MR) is 73.7 cm³/mol. The number of hydrogen-bond acceptors (Lipinski definition) is 2. The third-order valence-electron chi connectivity index (χ3n) is 3.32. The van der Waals surface area contributed by atoms with E-state index >= 15 is 0 Å². The molecular weight excluding hydrogens is 242 g/mol. The highest BCUT2D eigenvalue weighted by Crippen LogP contribution is 2.26. The smallest absolute Gasteiger partial charge is 0.328 e. The van der Waals surface area contributed by atoms with Crippen molar-refractivity contribution in [2.45, 2.75) is 25.7 Å². The first kappa shape index (κ1) is 13.3. The third-order valence-corrected chi connectivity index (χ3v) is 3.32. The summed E-state index contributed by atoms with van der Waals surface area (Å²) in [6.07, 6.45) is 6.83. The van der Waals surface area contributed by atoms with Crippen LogP contribution in [0.1, 0.15) is 31.2 Å². The predicted octanol–water partition coefficient (Wildman–Crippen LogP) is 2.91. The standard InChI is InChI=1S/C15H17NO3/c17-14(18)10-7-11-5-8-13(9-6-11)16-15(19)12-3-1-2-4-12/h5-10,12H,1-4H2,(H,16,19)(H,17,18)/b10-7+. The van der Waals surface area contributed by atoms with E-state index in [1.807, 2.05) is 0 Å². The van der Waals surface area contributed by atoms with Gasteiger partial charge in [0, 0.05) is 17.7 Å². The number of rotatable bonds is 4. The van der Waals surface area contributed by atoms with Gasteiger partial charge < -0.3 is 10.4 Å². The first-order chi connectivity index (χ1) is 9.15. The Kier molecular flexibility index (Phi) is 4.34. The number of benzene rings is 1. The van der Waals surface area contributed by atoms with Gasteiger partial charge in [0.1, 0.15) is 0 Å². The van der Waals surface area contributed by atoms with Crippen LogP contribution in [-0.4, -0.2) is 17.0 Å². The molecule has 1 aliphatic rings. The van der Waals surface area contributed by atoms with Gasteiger partial charge in [-0.05, 0) is 36.6 Å². The highest BCUT2D eigenvalue weighted by atomic mass is 16.4. The van der Waals surface area contributed by atoms with Crippen molar-refractivity contribution in [3.63, 3.8) is 0 Å². The van der Waals surface area contributed by atoms with E-state index in [0.29, 0.717) is 0 Å². The Labute approximate surface area is 112 Å². The average Bonchev–Trinajstić information content (AvgIpc) is 2.92. The van der Waals surface area contributed by atoms with E-state index in [-0.39, 0.29) is 11.8 Å². The lowest BCUT2D eigenvalue weighted by Crippen LogP contribution is -2.20. The molecule has 0 saturated heterocycles. The number of aliphatic carboxylic acids is 1. The van der Waals surface area contributed by atoms with Gasteiger partial charge in [-0.3, -0.25) is 4.79 Å². The maximum absolute atomic E-state index is 11.9. The monoisotopic (exact) mass is 259 g/mol. The van der Waals surface area contributed by atoms with Gasteiger partial charge in [-0.2, -0.15) is 0 Å². The summed E-state index contributed by atoms with van der Waals surface area (Å²) in [6.45, 7) is 0. The molecule has 1 amide bonds. The number of hydrogen-bond donors (Lipinski definition) is 2. The molecule has 1 aliphatic carbocycles. The molecule has 1 saturated carbocycles. The van der Waals surface area contributed by atoms with E-state index in [2.05, 4.69) is 5.32 Å². The summed E-state index contributed by atoms with van der Waals surface area (Å²) < 4.78 is 0. The molecule has 4 nitrogen and oxygen atoms in total. The zero-order valence-corrected chi connectivity index (χ0v) is 10.6. The van der Waals surface area contributed by atoms with E-state index in [0.717, 1.165) is 43.0 Å². The molecule has 0 aliphatic heterocycles. The summed E-state index contributed by atoms with van der Waals surface area (Å²) >= 11 is 0. The van der Waals surface area contributed by atoms with E-state index < -0.39 is 5.97 Å². The Balaban J connectivity index is 1.94. The second-order valence-electron chi connectivity index (χ2n) is 4.76. The van der Waals surface area contributed by atoms with E-state index in [4.69, 9.17) is 5.11 Å². The van der Waals surface area contributed by atoms with Crippen molar-refractivity contribution in [3.05, 3.63) is 35.9 Å². The largest absolute Gasteiger partial charge is 0.478 e. The van der Waals surface area contributed by atoms with Crippen LogP contribution in [0, 0.1) is 5.92 Å². The molecule has 2 N–H and O–H groups in total. The van der Waals surface area contributed by atoms with Gasteiger partial charge in [0.25, 0.3) is 0 Å². The molecule has 19 heavy (non-hydrogen) atoms. The minimum absolute atomic E-state index is 0.0892. The van der Waals surface area contributed by atoms with Crippen molar-refractivity contribution < 1.29 is 14.7 Å². The Hall–Kier alpha value is -2.10. The fourth-order valence-electron chi connectivity index (χ4n) is 2.28. The zero-order valence-electron chi connectivity index (χ0n) is 10.6. The molecule has 0 spiro atoms. The zero-order chi connectivity index (χ0) is 13.7. The molecule has 0 atom stereocenters. The van der Waals surface area contributed by atoms with E-state index in [1.54, 1.807) is 24.3 Å². The molecule has 0 aromatic heterocycles. The van der Waals surface area contributed by atoms with Crippen molar-refractivity contribution in [2.75, 3.05) is 5.32 Å². The number of carbonyl (C=O) groups is 2. The Morgan fingerprint density at radius 3 is 2.37 bits per heavy atom. The van der Waals surface area contributed by atoms with Gasteiger partial charge >= 0.3 is 5.97 Å². The normalized spacial score (nSPS) is 15.8. The molecular formula is C15H17NO3. The summed E-state index contributed by atoms with van der Waals surface area (Å²) in [5, 5.41) is 11.4. The molecule has 4 heteroatoms. The maximum atomic E-state index is 11.9. The van der Waals surface area contributed by atoms with Gasteiger partial charge in [-0.15, -0.1) is 0 Å². The number of amides is 1. The van der Waals surface area contributed by atoms with Crippen molar-refractivity contribution in [3.8, 4) is 0 Å². The van der Waals surface area contributed by atoms with Crippen LogP contribution in [0.2, 0.25) is 0 Å². The average molecular weight is 259 g/mol. The Morgan fingerprint density at radius 2 is 1.79 bits per heavy atom. The van der Waals surface area contributed by atoms with Gasteiger partial charge in [0.2, 0.25) is 5.91 Å². The molecule has 0 radical (unpaired) electrons. The lowest BCUT2D eigenvalue weighted by molar-refractivity contribution is -0.131. The van der Waals surface area contributed by atoms with E-state index in [9.17, 15) is 9.59 Å². The Morgan fingerprint density at radius 1 is 1.16 bits per heavy atom. The van der Waals surface area contributed by atoms with Crippen molar-refractivity contribution in [1.82, 2.24) is 0 Å². The van der Waals surface area contributed by atoms with Crippen LogP contribution in [0.4, 0.5) is 5.69 Å². The second-order valence-corrected chi connectivity index (χ2v) is 4.76. The van der Waals surface area contributed by atoms with Crippen LogP contribution in [-0.2, 0) is 9.59 Å². The topological polar surface area (TPSA) is 66.4 Å². The molecule has 0 bridgehead atoms. The lowest BCUT2D eigenvalue weighted by Gasteiger charge is -2.10. The highest BCUT2D eigenvalue weighted by Gasteiger charge is 2.22. The van der Waals surface area contributed by atoms with E-state index in [1.165, 1.54) is 6.08 Å². The molecule has 2 rings (SSSR count). The van der Waals surface area contributed by atoms with Crippen LogP contribution in [0.3, 0.4) is 0 Å². The van der Waals surface area contributed by atoms with Crippen molar-refractivity contribution >= 4 is 23.6 Å². The number of anilines is 1. The van der Waals surface area contributed by atoms with Crippen LogP contribution in [0.25, 0.3) is 6.08 Å². The molecule has 1 aromatic carbocycles. The molecule has 0 unspecified atom stereocenters. The van der Waals surface area contributed by atoms with Crippen LogP contribution in [0.15, 0.2) is 30.3 Å². The highest BCUT2D eigenvalue weighted by molar-refractivity contribution is 5.92. The fraction of sp³-hybridized carbons (Fsp3) is 0.333. The number of carboxylic acids is 1. The Bertz CT molecular complexity index is 485. The minimum atomic E-state index is -0.974. The third kappa shape index (κ3) is 3.95. The summed E-state index contributed by atoms with van der Waals surface area (Å²) in [6, 6.07) is 7.14. The van der Waals surface area contributed by atoms with Crippen molar-refractivity contribution in [2.24, 2.45) is 5.92 Å². The number of carbonyl (C=O) groups excluding carboxylic acids is 1. The number of nitrogens with one attached hydrogen (secondary N) is 1. The molecule has 0 heterocycles. The van der Waals surface area contributed by atoms with Gasteiger partial charge in [0.15, 0.2) is 0 Å². The first-order valence-corrected chi connectivity index (χ1v) is 6.47. The second kappa shape index (κ2) is 6.18. The SMILES string of the molecule is O=C(O)/C=C/c1ccc(NC(=O)C2CCCC2)cc1. The maximum Gasteiger partial charge on any atom is 0.328 e. The quantitative estimate of drug-likeness (QED) is 0.817. The lowest BCUT2D eigenvalue weighted by atomic mass is 10.1. The molecule has 1 aromatic rings. The first-order valence-electron chi connectivity index (χ1n) is 6.47. The van der Waals surface area contributed by atoms with Crippen LogP contribution < -0.4 is 5.32 Å². The number of carboxylic acid groups (broad SMARTS) is 1. The van der Waals surface area contributed by atoms with Crippen LogP contribution >= 0.6 is 0 Å². The van der Waals surface area contributed by atoms with Gasteiger partial charge in [-0.1, -0.05) is 25.0 Å². The fourth-order valence-corrected chi connectivity index (χ4v) is 2.28. The van der Waals surface area contributed by atoms with Crippen LogP contribution in [0.5, 0.6) is 0 Å². The summed E-state index contributed by atoms with van der Waals surface area (Å²) in [5.74, 6) is -0.739. The summed E-state index contributed by atoms with van der Waals surface area (Å²) in [4.78, 5) is 22.3. The van der Waals surface area contributed by atoms with Crippen molar-refractivity contribution in [1.29, 1.82) is 0 Å².